The molecule has 0 aliphatic carbocycles. The molecule has 0 fully saturated rings. The van der Waals surface area contributed by atoms with Crippen molar-refractivity contribution in [3.63, 3.8) is 0 Å². The van der Waals surface area contributed by atoms with E-state index in [9.17, 15) is 4.79 Å². The van der Waals surface area contributed by atoms with E-state index >= 15 is 0 Å². The molecule has 1 unspecified atom stereocenters. The van der Waals surface area contributed by atoms with Crippen LogP contribution in [0, 0.1) is 0 Å². The zero-order chi connectivity index (χ0) is 15.4. The minimum absolute atomic E-state index is 0.0228. The van der Waals surface area contributed by atoms with Crippen molar-refractivity contribution < 1.29 is 4.79 Å². The highest BCUT2D eigenvalue weighted by Gasteiger charge is 2.19. The molecule has 0 saturated heterocycles. The van der Waals surface area contributed by atoms with Crippen molar-refractivity contribution in [1.82, 2.24) is 24.2 Å². The van der Waals surface area contributed by atoms with Gasteiger partial charge in [0.05, 0.1) is 11.2 Å². The van der Waals surface area contributed by atoms with Gasteiger partial charge in [0, 0.05) is 45.7 Å². The summed E-state index contributed by atoms with van der Waals surface area (Å²) in [7, 11) is 3.78. The Bertz CT molecular complexity index is 606. The molecular weight excluding hydrogens is 290 g/mol. The second-order valence-corrected chi connectivity index (χ2v) is 5.57. The lowest BCUT2D eigenvalue weighted by Crippen LogP contribution is -2.34. The topological polar surface area (TPSA) is 56.0 Å². The van der Waals surface area contributed by atoms with Crippen LogP contribution in [0.4, 0.5) is 0 Å². The quantitative estimate of drug-likeness (QED) is 0.819. The van der Waals surface area contributed by atoms with Gasteiger partial charge in [0.1, 0.15) is 11.9 Å². The fraction of sp³-hybridized carbons (Fsp3) is 0.500. The summed E-state index contributed by atoms with van der Waals surface area (Å²) in [5.41, 5.74) is 0. The molecule has 6 nitrogen and oxygen atoms in total. The van der Waals surface area contributed by atoms with Gasteiger partial charge in [-0.2, -0.15) is 5.10 Å². The maximum absolute atomic E-state index is 12.3. The Morgan fingerprint density at radius 1 is 1.52 bits per heavy atom. The van der Waals surface area contributed by atoms with Crippen molar-refractivity contribution in [1.29, 1.82) is 0 Å². The molecule has 0 aliphatic rings. The van der Waals surface area contributed by atoms with Crippen molar-refractivity contribution in [3.05, 3.63) is 35.6 Å². The van der Waals surface area contributed by atoms with Crippen LogP contribution >= 0.6 is 11.6 Å². The Kier molecular flexibility index (Phi) is 5.01. The molecule has 0 bridgehead atoms. The molecular formula is C14H20ClN5O. The maximum atomic E-state index is 12.3. The van der Waals surface area contributed by atoms with Gasteiger partial charge in [-0.1, -0.05) is 11.6 Å². The highest BCUT2D eigenvalue weighted by molar-refractivity contribution is 6.30. The van der Waals surface area contributed by atoms with Gasteiger partial charge in [-0.3, -0.25) is 9.48 Å². The van der Waals surface area contributed by atoms with Gasteiger partial charge < -0.3 is 9.47 Å². The third-order valence-corrected chi connectivity index (χ3v) is 3.71. The standard InChI is InChI=1S/C14H20ClN5O/c1-11(20-10-12(15)9-17-20)14(21)19(3)7-4-5-13-16-6-8-18(13)2/h6,8-11H,4-5,7H2,1-3H3. The van der Waals surface area contributed by atoms with E-state index in [0.717, 1.165) is 18.7 Å². The average molecular weight is 310 g/mol. The van der Waals surface area contributed by atoms with E-state index in [0.29, 0.717) is 11.6 Å². The molecule has 2 aromatic heterocycles. The lowest BCUT2D eigenvalue weighted by molar-refractivity contribution is -0.133. The predicted molar refractivity (Wildman–Crippen MR) is 81.1 cm³/mol. The number of hydrogen-bond acceptors (Lipinski definition) is 3. The molecule has 1 atom stereocenters. The fourth-order valence-electron chi connectivity index (χ4n) is 2.18. The molecule has 0 N–H and O–H groups in total. The fourth-order valence-corrected chi connectivity index (χ4v) is 2.32. The number of nitrogens with zero attached hydrogens (tertiary/aromatic N) is 5. The van der Waals surface area contributed by atoms with Crippen molar-refractivity contribution in [2.45, 2.75) is 25.8 Å². The van der Waals surface area contributed by atoms with E-state index in [2.05, 4.69) is 10.1 Å². The molecule has 0 aromatic carbocycles. The van der Waals surface area contributed by atoms with Crippen LogP contribution in [0.2, 0.25) is 5.02 Å². The Hall–Kier alpha value is -1.82. The summed E-state index contributed by atoms with van der Waals surface area (Å²) in [5, 5.41) is 4.61. The van der Waals surface area contributed by atoms with Crippen LogP contribution in [0.15, 0.2) is 24.8 Å². The van der Waals surface area contributed by atoms with Crippen LogP contribution < -0.4 is 0 Å². The molecule has 0 spiro atoms. The first-order valence-corrected chi connectivity index (χ1v) is 7.27. The van der Waals surface area contributed by atoms with Crippen LogP contribution in [0.1, 0.15) is 25.2 Å². The molecule has 2 aromatic rings. The second-order valence-electron chi connectivity index (χ2n) is 5.13. The Morgan fingerprint density at radius 3 is 2.86 bits per heavy atom. The Morgan fingerprint density at radius 2 is 2.29 bits per heavy atom. The van der Waals surface area contributed by atoms with Crippen LogP contribution in [0.5, 0.6) is 0 Å². The highest BCUT2D eigenvalue weighted by Crippen LogP contribution is 2.13. The molecule has 21 heavy (non-hydrogen) atoms. The number of likely N-dealkylation sites (N-methyl/N-ethyl adjacent to an activating group) is 1. The van der Waals surface area contributed by atoms with Crippen molar-refractivity contribution in [2.75, 3.05) is 13.6 Å². The third-order valence-electron chi connectivity index (χ3n) is 3.52. The van der Waals surface area contributed by atoms with Crippen LogP contribution in [-0.2, 0) is 18.3 Å². The van der Waals surface area contributed by atoms with Crippen molar-refractivity contribution in [2.24, 2.45) is 7.05 Å². The third kappa shape index (κ3) is 3.85. The summed E-state index contributed by atoms with van der Waals surface area (Å²) in [6, 6.07) is -0.351. The second kappa shape index (κ2) is 6.76. The van der Waals surface area contributed by atoms with Gasteiger partial charge in [0.25, 0.3) is 0 Å². The van der Waals surface area contributed by atoms with Crippen LogP contribution in [-0.4, -0.2) is 43.7 Å². The van der Waals surface area contributed by atoms with E-state index in [1.807, 2.05) is 31.8 Å². The number of carbonyl (C=O) groups is 1. The van der Waals surface area contributed by atoms with Gasteiger partial charge in [0.2, 0.25) is 5.91 Å². The van der Waals surface area contributed by atoms with Gasteiger partial charge in [-0.05, 0) is 13.3 Å². The first kappa shape index (κ1) is 15.6. The molecule has 0 saturated carbocycles. The van der Waals surface area contributed by atoms with Gasteiger partial charge >= 0.3 is 0 Å². The molecule has 0 aliphatic heterocycles. The van der Waals surface area contributed by atoms with Crippen LogP contribution in [0.25, 0.3) is 0 Å². The molecule has 2 rings (SSSR count). The van der Waals surface area contributed by atoms with Crippen LogP contribution in [0.3, 0.4) is 0 Å². The number of carbonyl (C=O) groups excluding carboxylic acids is 1. The minimum Gasteiger partial charge on any atom is -0.344 e. The number of amides is 1. The van der Waals surface area contributed by atoms with Gasteiger partial charge in [-0.25, -0.2) is 4.98 Å². The van der Waals surface area contributed by atoms with E-state index in [1.54, 1.807) is 22.0 Å². The molecule has 2 heterocycles. The molecule has 114 valence electrons. The largest absolute Gasteiger partial charge is 0.344 e. The monoisotopic (exact) mass is 309 g/mol. The number of rotatable bonds is 6. The Balaban J connectivity index is 1.83. The number of aryl methyl sites for hydroxylation is 2. The van der Waals surface area contributed by atoms with Gasteiger partial charge in [-0.15, -0.1) is 0 Å². The van der Waals surface area contributed by atoms with E-state index in [4.69, 9.17) is 11.6 Å². The molecule has 7 heteroatoms. The highest BCUT2D eigenvalue weighted by atomic mass is 35.5. The predicted octanol–water partition coefficient (Wildman–Crippen LogP) is 1.92. The average Bonchev–Trinajstić information content (AvgIpc) is 3.06. The first-order chi connectivity index (χ1) is 9.99. The number of aromatic nitrogens is 4. The summed E-state index contributed by atoms with van der Waals surface area (Å²) in [6.07, 6.45) is 8.63. The number of hydrogen-bond donors (Lipinski definition) is 0. The number of halogens is 1. The van der Waals surface area contributed by atoms with Crippen molar-refractivity contribution >= 4 is 17.5 Å². The maximum Gasteiger partial charge on any atom is 0.246 e. The SMILES string of the molecule is CC(C(=O)N(C)CCCc1nccn1C)n1cc(Cl)cn1. The summed E-state index contributed by atoms with van der Waals surface area (Å²) in [4.78, 5) is 18.3. The number of imidazole rings is 1. The van der Waals surface area contributed by atoms with Crippen molar-refractivity contribution in [3.8, 4) is 0 Å². The minimum atomic E-state index is -0.351. The Labute approximate surface area is 129 Å². The molecule has 1 amide bonds. The van der Waals surface area contributed by atoms with Gasteiger partial charge in [0.15, 0.2) is 0 Å². The zero-order valence-corrected chi connectivity index (χ0v) is 13.3. The summed E-state index contributed by atoms with van der Waals surface area (Å²) in [6.45, 7) is 2.51. The smallest absolute Gasteiger partial charge is 0.246 e. The lowest BCUT2D eigenvalue weighted by atomic mass is 10.2. The van der Waals surface area contributed by atoms with E-state index in [1.165, 1.54) is 6.20 Å². The normalized spacial score (nSPS) is 12.4. The van der Waals surface area contributed by atoms with E-state index < -0.39 is 0 Å². The molecule has 0 radical (unpaired) electrons. The lowest BCUT2D eigenvalue weighted by Gasteiger charge is -2.21. The summed E-state index contributed by atoms with van der Waals surface area (Å²) in [5.74, 6) is 1.05. The van der Waals surface area contributed by atoms with E-state index in [-0.39, 0.29) is 11.9 Å². The summed E-state index contributed by atoms with van der Waals surface area (Å²) < 4.78 is 3.58. The zero-order valence-electron chi connectivity index (χ0n) is 12.5. The first-order valence-electron chi connectivity index (χ1n) is 6.90. The summed E-state index contributed by atoms with van der Waals surface area (Å²) >= 11 is 5.83.